The largest absolute Gasteiger partial charge is 0.493 e. The van der Waals surface area contributed by atoms with E-state index in [9.17, 15) is 13.2 Å². The quantitative estimate of drug-likeness (QED) is 0.868. The predicted octanol–water partition coefficient (Wildman–Crippen LogP) is 2.99. The second-order valence-corrected chi connectivity index (χ2v) is 5.46. The molecule has 1 fully saturated rings. The Morgan fingerprint density at radius 1 is 1.22 bits per heavy atom. The second-order valence-electron chi connectivity index (χ2n) is 5.46. The van der Waals surface area contributed by atoms with Crippen LogP contribution in [0.1, 0.15) is 24.9 Å². The number of nitrogens with one attached hydrogen (secondary N) is 1. The maximum atomic E-state index is 13.0. The fraction of sp³-hybridized carbons (Fsp3) is 0.625. The molecule has 1 saturated heterocycles. The first-order valence-corrected chi connectivity index (χ1v) is 7.77. The maximum absolute atomic E-state index is 13.0. The summed E-state index contributed by atoms with van der Waals surface area (Å²) in [5.74, 6) is 1.01. The predicted molar refractivity (Wildman–Crippen MR) is 82.0 cm³/mol. The van der Waals surface area contributed by atoms with Gasteiger partial charge >= 0.3 is 6.18 Å². The zero-order valence-electron chi connectivity index (χ0n) is 13.4. The molecule has 0 saturated carbocycles. The third kappa shape index (κ3) is 5.00. The van der Waals surface area contributed by atoms with E-state index in [4.69, 9.17) is 9.47 Å². The van der Waals surface area contributed by atoms with E-state index in [1.807, 2.05) is 11.8 Å². The van der Waals surface area contributed by atoms with E-state index in [2.05, 4.69) is 5.32 Å². The molecule has 0 radical (unpaired) electrons. The lowest BCUT2D eigenvalue weighted by atomic mass is 10.00. The molecule has 0 spiro atoms. The van der Waals surface area contributed by atoms with Crippen molar-refractivity contribution in [3.63, 3.8) is 0 Å². The molecule has 0 aromatic heterocycles. The average Bonchev–Trinajstić information content (AvgIpc) is 2.53. The van der Waals surface area contributed by atoms with Gasteiger partial charge in [0.1, 0.15) is 0 Å². The molecule has 0 amide bonds. The van der Waals surface area contributed by atoms with Crippen LogP contribution in [0.5, 0.6) is 11.5 Å². The molecular weight excluding hydrogens is 309 g/mol. The van der Waals surface area contributed by atoms with Crippen LogP contribution in [0.4, 0.5) is 13.2 Å². The van der Waals surface area contributed by atoms with Gasteiger partial charge in [0.25, 0.3) is 0 Å². The summed E-state index contributed by atoms with van der Waals surface area (Å²) >= 11 is 0. The van der Waals surface area contributed by atoms with E-state index in [-0.39, 0.29) is 0 Å². The molecule has 1 aromatic carbocycles. The lowest BCUT2D eigenvalue weighted by Gasteiger charge is -2.35. The first-order chi connectivity index (χ1) is 10.9. The molecule has 0 bridgehead atoms. The number of ether oxygens (including phenoxy) is 2. The van der Waals surface area contributed by atoms with Gasteiger partial charge in [-0.2, -0.15) is 13.2 Å². The molecule has 7 heteroatoms. The van der Waals surface area contributed by atoms with Crippen molar-refractivity contribution in [2.75, 3.05) is 39.9 Å². The summed E-state index contributed by atoms with van der Waals surface area (Å²) in [5.41, 5.74) is 0.605. The standard InChI is InChI=1S/C16H23F3N2O2/c1-3-23-15-10-12(4-5-14(15)22-2)13(11-16(17,18)19)21-8-6-20-7-9-21/h4-5,10,13,20H,3,6-9,11H2,1-2H3/t13-/m0/s1. The lowest BCUT2D eigenvalue weighted by Crippen LogP contribution is -2.46. The zero-order chi connectivity index (χ0) is 16.9. The van der Waals surface area contributed by atoms with Crippen molar-refractivity contribution >= 4 is 0 Å². The minimum Gasteiger partial charge on any atom is -0.493 e. The minimum atomic E-state index is -4.22. The molecule has 1 heterocycles. The van der Waals surface area contributed by atoms with Crippen LogP contribution < -0.4 is 14.8 Å². The maximum Gasteiger partial charge on any atom is 0.390 e. The summed E-state index contributed by atoms with van der Waals surface area (Å²) in [6.45, 7) is 4.84. The topological polar surface area (TPSA) is 33.7 Å². The van der Waals surface area contributed by atoms with Crippen LogP contribution in [-0.2, 0) is 0 Å². The molecule has 1 aliphatic rings. The van der Waals surface area contributed by atoms with E-state index in [1.165, 1.54) is 7.11 Å². The third-order valence-electron chi connectivity index (χ3n) is 3.89. The highest BCUT2D eigenvalue weighted by Crippen LogP contribution is 2.37. The van der Waals surface area contributed by atoms with Crippen molar-refractivity contribution in [2.24, 2.45) is 0 Å². The van der Waals surface area contributed by atoms with E-state index < -0.39 is 18.6 Å². The van der Waals surface area contributed by atoms with E-state index in [0.29, 0.717) is 49.8 Å². The molecule has 23 heavy (non-hydrogen) atoms. The molecule has 1 atom stereocenters. The molecule has 1 N–H and O–H groups in total. The van der Waals surface area contributed by atoms with Crippen molar-refractivity contribution in [1.82, 2.24) is 10.2 Å². The van der Waals surface area contributed by atoms with Crippen LogP contribution in [0.3, 0.4) is 0 Å². The molecular formula is C16H23F3N2O2. The van der Waals surface area contributed by atoms with Gasteiger partial charge in [-0.25, -0.2) is 0 Å². The summed E-state index contributed by atoms with van der Waals surface area (Å²) in [5, 5.41) is 3.17. The third-order valence-corrected chi connectivity index (χ3v) is 3.89. The molecule has 0 aliphatic carbocycles. The van der Waals surface area contributed by atoms with Gasteiger partial charge in [-0.05, 0) is 24.6 Å². The summed E-state index contributed by atoms with van der Waals surface area (Å²) in [6.07, 6.45) is -5.09. The number of nitrogens with zero attached hydrogens (tertiary/aromatic N) is 1. The fourth-order valence-corrected chi connectivity index (χ4v) is 2.84. The normalized spacial score (nSPS) is 17.8. The van der Waals surface area contributed by atoms with Crippen molar-refractivity contribution in [1.29, 1.82) is 0 Å². The number of hydrogen-bond donors (Lipinski definition) is 1. The number of rotatable bonds is 6. The van der Waals surface area contributed by atoms with Crippen LogP contribution in [0.2, 0.25) is 0 Å². The summed E-state index contributed by atoms with van der Waals surface area (Å²) < 4.78 is 49.8. The van der Waals surface area contributed by atoms with Crippen molar-refractivity contribution in [3.8, 4) is 11.5 Å². The molecule has 2 rings (SSSR count). The number of benzene rings is 1. The minimum absolute atomic E-state index is 0.428. The number of hydrogen-bond acceptors (Lipinski definition) is 4. The molecule has 0 unspecified atom stereocenters. The highest BCUT2D eigenvalue weighted by atomic mass is 19.4. The SMILES string of the molecule is CCOc1cc([C@H](CC(F)(F)F)N2CCNCC2)ccc1OC. The average molecular weight is 332 g/mol. The first kappa shape index (κ1) is 17.9. The van der Waals surface area contributed by atoms with Gasteiger partial charge in [0, 0.05) is 32.2 Å². The Hall–Kier alpha value is -1.47. The van der Waals surface area contributed by atoms with Crippen molar-refractivity contribution in [3.05, 3.63) is 23.8 Å². The summed E-state index contributed by atoms with van der Waals surface area (Å²) in [7, 11) is 1.51. The number of alkyl halides is 3. The smallest absolute Gasteiger partial charge is 0.390 e. The van der Waals surface area contributed by atoms with E-state index >= 15 is 0 Å². The summed E-state index contributed by atoms with van der Waals surface area (Å²) in [6, 6.07) is 4.33. The number of methoxy groups -OCH3 is 1. The Labute approximate surface area is 134 Å². The van der Waals surface area contributed by atoms with E-state index in [1.54, 1.807) is 18.2 Å². The van der Waals surface area contributed by atoms with E-state index in [0.717, 1.165) is 0 Å². The molecule has 4 nitrogen and oxygen atoms in total. The van der Waals surface area contributed by atoms with Gasteiger partial charge in [-0.1, -0.05) is 6.07 Å². The number of halogens is 3. The van der Waals surface area contributed by atoms with Gasteiger partial charge in [0.05, 0.1) is 20.1 Å². The highest BCUT2D eigenvalue weighted by molar-refractivity contribution is 5.44. The highest BCUT2D eigenvalue weighted by Gasteiger charge is 2.36. The van der Waals surface area contributed by atoms with Gasteiger partial charge < -0.3 is 14.8 Å². The summed E-state index contributed by atoms with van der Waals surface area (Å²) in [4.78, 5) is 1.88. The molecule has 130 valence electrons. The first-order valence-electron chi connectivity index (χ1n) is 7.77. The van der Waals surface area contributed by atoms with Crippen LogP contribution in [0, 0.1) is 0 Å². The van der Waals surface area contributed by atoms with Gasteiger partial charge in [-0.3, -0.25) is 4.90 Å². The Morgan fingerprint density at radius 2 is 1.91 bits per heavy atom. The van der Waals surface area contributed by atoms with Crippen LogP contribution in [0.15, 0.2) is 18.2 Å². The Balaban J connectivity index is 2.31. The number of piperazine rings is 1. The zero-order valence-corrected chi connectivity index (χ0v) is 13.4. The van der Waals surface area contributed by atoms with Gasteiger partial charge in [0.2, 0.25) is 0 Å². The van der Waals surface area contributed by atoms with Gasteiger partial charge in [-0.15, -0.1) is 0 Å². The molecule has 1 aliphatic heterocycles. The van der Waals surface area contributed by atoms with Crippen molar-refractivity contribution < 1.29 is 22.6 Å². The van der Waals surface area contributed by atoms with Crippen molar-refractivity contribution in [2.45, 2.75) is 25.6 Å². The monoisotopic (exact) mass is 332 g/mol. The molecule has 1 aromatic rings. The van der Waals surface area contributed by atoms with Crippen LogP contribution >= 0.6 is 0 Å². The Bertz CT molecular complexity index is 503. The second kappa shape index (κ2) is 7.88. The Morgan fingerprint density at radius 3 is 2.48 bits per heavy atom. The van der Waals surface area contributed by atoms with Crippen LogP contribution in [0.25, 0.3) is 0 Å². The van der Waals surface area contributed by atoms with Crippen LogP contribution in [-0.4, -0.2) is 51.0 Å². The van der Waals surface area contributed by atoms with Gasteiger partial charge in [0.15, 0.2) is 11.5 Å². The lowest BCUT2D eigenvalue weighted by molar-refractivity contribution is -0.148. The Kier molecular flexibility index (Phi) is 6.12. The fourth-order valence-electron chi connectivity index (χ4n) is 2.84.